The molecule has 1 aliphatic heterocycles. The van der Waals surface area contributed by atoms with Gasteiger partial charge in [-0.15, -0.1) is 0 Å². The molecule has 0 unspecified atom stereocenters. The highest BCUT2D eigenvalue weighted by molar-refractivity contribution is 6.32. The number of amides is 1. The maximum Gasteiger partial charge on any atom is 0.261 e. The number of nitriles is 1. The number of benzene rings is 2. The number of pyridine rings is 1. The van der Waals surface area contributed by atoms with Crippen molar-refractivity contribution >= 4 is 34.6 Å². The summed E-state index contributed by atoms with van der Waals surface area (Å²) in [6, 6.07) is 13.6. The molecule has 30 heavy (non-hydrogen) atoms. The molecule has 150 valence electrons. The van der Waals surface area contributed by atoms with Gasteiger partial charge in [0.25, 0.3) is 5.91 Å². The molecule has 0 spiro atoms. The minimum Gasteiger partial charge on any atom is -0.322 e. The topological polar surface area (TPSA) is 60.2 Å². The van der Waals surface area contributed by atoms with Gasteiger partial charge in [0.1, 0.15) is 12.7 Å². The zero-order valence-corrected chi connectivity index (χ0v) is 17.9. The van der Waals surface area contributed by atoms with E-state index in [4.69, 9.17) is 11.6 Å². The fraction of sp³-hybridized carbons (Fsp3) is 0.208. The van der Waals surface area contributed by atoms with Crippen LogP contribution in [0.1, 0.15) is 39.5 Å². The molecule has 3 aromatic rings. The Morgan fingerprint density at radius 1 is 1.10 bits per heavy atom. The van der Waals surface area contributed by atoms with E-state index >= 15 is 0 Å². The van der Waals surface area contributed by atoms with Gasteiger partial charge in [0.15, 0.2) is 0 Å². The number of carbonyl (C=O) groups excluding carboxylic acids is 1. The van der Waals surface area contributed by atoms with Crippen LogP contribution in [0, 0.1) is 25.2 Å². The Balaban J connectivity index is 1.96. The molecule has 6 heteroatoms. The van der Waals surface area contributed by atoms with Gasteiger partial charge >= 0.3 is 0 Å². The molecule has 0 radical (unpaired) electrons. The number of halogens is 1. The largest absolute Gasteiger partial charge is 0.322 e. The lowest BCUT2D eigenvalue weighted by Gasteiger charge is -2.39. The van der Waals surface area contributed by atoms with Crippen molar-refractivity contribution in [1.82, 2.24) is 4.98 Å². The first-order chi connectivity index (χ1) is 14.4. The fourth-order valence-electron chi connectivity index (χ4n) is 3.89. The molecule has 1 amide bonds. The molecule has 1 aromatic heterocycles. The Labute approximate surface area is 181 Å². The van der Waals surface area contributed by atoms with Gasteiger partial charge in [-0.3, -0.25) is 14.7 Å². The van der Waals surface area contributed by atoms with E-state index in [2.05, 4.69) is 48.0 Å². The summed E-state index contributed by atoms with van der Waals surface area (Å²) >= 11 is 6.30. The molecule has 0 saturated carbocycles. The maximum absolute atomic E-state index is 13.4. The molecular formula is C24H21ClN4O. The number of anilines is 3. The zero-order chi connectivity index (χ0) is 21.4. The molecule has 0 aliphatic carbocycles. The van der Waals surface area contributed by atoms with Gasteiger partial charge in [-0.05, 0) is 55.7 Å². The van der Waals surface area contributed by atoms with Crippen LogP contribution in [-0.2, 0) is 6.42 Å². The van der Waals surface area contributed by atoms with Crippen LogP contribution in [0.4, 0.5) is 17.1 Å². The lowest BCUT2D eigenvalue weighted by atomic mass is 10.0. The number of hydrogen-bond acceptors (Lipinski definition) is 4. The van der Waals surface area contributed by atoms with Gasteiger partial charge < -0.3 is 4.90 Å². The average molecular weight is 417 g/mol. The highest BCUT2D eigenvalue weighted by atomic mass is 35.5. The zero-order valence-electron chi connectivity index (χ0n) is 17.1. The normalized spacial score (nSPS) is 13.2. The molecule has 0 fully saturated rings. The first-order valence-electron chi connectivity index (χ1n) is 9.77. The maximum atomic E-state index is 13.4. The molecule has 0 N–H and O–H groups in total. The first-order valence-corrected chi connectivity index (χ1v) is 10.2. The minimum atomic E-state index is -0.146. The van der Waals surface area contributed by atoms with E-state index in [1.807, 2.05) is 13.0 Å². The van der Waals surface area contributed by atoms with Gasteiger partial charge in [-0.25, -0.2) is 0 Å². The third kappa shape index (κ3) is 3.30. The molecule has 2 aromatic carbocycles. The van der Waals surface area contributed by atoms with Gasteiger partial charge in [0, 0.05) is 18.1 Å². The number of carbonyl (C=O) groups is 1. The van der Waals surface area contributed by atoms with E-state index in [-0.39, 0.29) is 10.9 Å². The van der Waals surface area contributed by atoms with Crippen LogP contribution < -0.4 is 9.80 Å². The van der Waals surface area contributed by atoms with Gasteiger partial charge in [-0.1, -0.05) is 36.2 Å². The number of aromatic nitrogens is 1. The van der Waals surface area contributed by atoms with Crippen LogP contribution in [0.2, 0.25) is 5.02 Å². The van der Waals surface area contributed by atoms with Crippen LogP contribution in [0.15, 0.2) is 48.8 Å². The van der Waals surface area contributed by atoms with Crippen molar-refractivity contribution in [3.05, 3.63) is 81.6 Å². The summed E-state index contributed by atoms with van der Waals surface area (Å²) in [5.41, 5.74) is 6.61. The van der Waals surface area contributed by atoms with Crippen molar-refractivity contribution in [1.29, 1.82) is 5.26 Å². The summed E-state index contributed by atoms with van der Waals surface area (Å²) in [7, 11) is 0. The molecule has 0 saturated heterocycles. The Morgan fingerprint density at radius 2 is 1.90 bits per heavy atom. The van der Waals surface area contributed by atoms with Gasteiger partial charge in [0.2, 0.25) is 0 Å². The number of aryl methyl sites for hydroxylation is 3. The highest BCUT2D eigenvalue weighted by Gasteiger charge is 2.33. The van der Waals surface area contributed by atoms with Crippen molar-refractivity contribution in [3.8, 4) is 6.07 Å². The van der Waals surface area contributed by atoms with Gasteiger partial charge in [0.05, 0.1) is 27.5 Å². The van der Waals surface area contributed by atoms with Gasteiger partial charge in [-0.2, -0.15) is 5.26 Å². The second kappa shape index (κ2) is 7.81. The second-order valence-electron chi connectivity index (χ2n) is 7.41. The Morgan fingerprint density at radius 3 is 2.60 bits per heavy atom. The Hall–Kier alpha value is -3.36. The fourth-order valence-corrected chi connectivity index (χ4v) is 4.10. The van der Waals surface area contributed by atoms with Crippen LogP contribution >= 0.6 is 11.6 Å². The Kier molecular flexibility index (Phi) is 5.19. The standard InChI is InChI=1S/C24H21ClN4O/c1-4-17-9-15(2)5-6-22(17)28-14-29(21-7-8-27-13-16(21)3)24(30)19-11-20(25)18(12-26)10-23(19)28/h5-11,13H,4,14H2,1-3H3. The quantitative estimate of drug-likeness (QED) is 0.562. The van der Waals surface area contributed by atoms with Crippen molar-refractivity contribution in [2.45, 2.75) is 27.2 Å². The summed E-state index contributed by atoms with van der Waals surface area (Å²) in [5, 5.41) is 9.77. The Bertz CT molecular complexity index is 1200. The van der Waals surface area contributed by atoms with Crippen LogP contribution in [0.3, 0.4) is 0 Å². The van der Waals surface area contributed by atoms with Crippen molar-refractivity contribution < 1.29 is 4.79 Å². The van der Waals surface area contributed by atoms with Crippen LogP contribution in [0.5, 0.6) is 0 Å². The lowest BCUT2D eigenvalue weighted by Crippen LogP contribution is -2.45. The molecule has 1 aliphatic rings. The summed E-state index contributed by atoms with van der Waals surface area (Å²) in [4.78, 5) is 21.4. The van der Waals surface area contributed by atoms with Crippen molar-refractivity contribution in [2.75, 3.05) is 16.5 Å². The first kappa shape index (κ1) is 19.9. The van der Waals surface area contributed by atoms with Crippen molar-refractivity contribution in [3.63, 3.8) is 0 Å². The SMILES string of the molecule is CCc1cc(C)ccc1N1CN(c2ccncc2C)C(=O)c2cc(Cl)c(C#N)cc21. The van der Waals surface area contributed by atoms with E-state index < -0.39 is 0 Å². The number of rotatable bonds is 3. The summed E-state index contributed by atoms with van der Waals surface area (Å²) in [5.74, 6) is -0.146. The molecule has 2 heterocycles. The lowest BCUT2D eigenvalue weighted by molar-refractivity contribution is 0.0983. The van der Waals surface area contributed by atoms with E-state index in [9.17, 15) is 10.1 Å². The predicted molar refractivity (Wildman–Crippen MR) is 120 cm³/mol. The van der Waals surface area contributed by atoms with Crippen LogP contribution in [0.25, 0.3) is 0 Å². The molecule has 0 bridgehead atoms. The summed E-state index contributed by atoms with van der Waals surface area (Å²) < 4.78 is 0. The predicted octanol–water partition coefficient (Wildman–Crippen LogP) is 5.54. The number of hydrogen-bond donors (Lipinski definition) is 0. The average Bonchev–Trinajstić information content (AvgIpc) is 2.75. The van der Waals surface area contributed by atoms with E-state index in [1.54, 1.807) is 29.4 Å². The van der Waals surface area contributed by atoms with E-state index in [1.165, 1.54) is 11.1 Å². The highest BCUT2D eigenvalue weighted by Crippen LogP contribution is 2.40. The smallest absolute Gasteiger partial charge is 0.261 e. The summed E-state index contributed by atoms with van der Waals surface area (Å²) in [6.07, 6.45) is 4.28. The number of nitrogens with zero attached hydrogens (tertiary/aromatic N) is 4. The van der Waals surface area contributed by atoms with Crippen molar-refractivity contribution in [2.24, 2.45) is 0 Å². The third-order valence-electron chi connectivity index (χ3n) is 5.44. The monoisotopic (exact) mass is 416 g/mol. The molecular weight excluding hydrogens is 396 g/mol. The summed E-state index contributed by atoms with van der Waals surface area (Å²) in [6.45, 7) is 6.45. The second-order valence-corrected chi connectivity index (χ2v) is 7.82. The third-order valence-corrected chi connectivity index (χ3v) is 5.76. The van der Waals surface area contributed by atoms with Crippen LogP contribution in [-0.4, -0.2) is 17.6 Å². The minimum absolute atomic E-state index is 0.146. The molecule has 4 rings (SSSR count). The van der Waals surface area contributed by atoms with E-state index in [0.717, 1.165) is 23.4 Å². The molecule has 0 atom stereocenters. The number of fused-ring (bicyclic) bond motifs is 1. The molecule has 5 nitrogen and oxygen atoms in total. The van der Waals surface area contributed by atoms with E-state index in [0.29, 0.717) is 23.5 Å².